The summed E-state index contributed by atoms with van der Waals surface area (Å²) in [5.74, 6) is 1.38. The minimum Gasteiger partial charge on any atom is -0.493 e. The lowest BCUT2D eigenvalue weighted by atomic mass is 10.3. The number of imidazole rings is 1. The first-order valence-electron chi connectivity index (χ1n) is 7.97. The van der Waals surface area contributed by atoms with Crippen LogP contribution >= 0.6 is 0 Å². The Morgan fingerprint density at radius 3 is 2.86 bits per heavy atom. The minimum atomic E-state index is 0.563. The molecule has 1 fully saturated rings. The molecule has 0 radical (unpaired) electrons. The number of methoxy groups -OCH3 is 1. The average Bonchev–Trinajstić information content (AvgIpc) is 3.12. The van der Waals surface area contributed by atoms with E-state index in [0.717, 1.165) is 42.3 Å². The van der Waals surface area contributed by atoms with Crippen LogP contribution in [0.4, 0.5) is 11.5 Å². The van der Waals surface area contributed by atoms with Crippen molar-refractivity contribution in [2.45, 2.75) is 26.2 Å². The third-order valence-corrected chi connectivity index (χ3v) is 4.38. The maximum atomic E-state index is 5.89. The molecule has 0 aromatic carbocycles. The topological polar surface area (TPSA) is 67.8 Å². The van der Waals surface area contributed by atoms with Crippen LogP contribution in [0.1, 0.15) is 25.0 Å². The van der Waals surface area contributed by atoms with E-state index in [4.69, 9.17) is 10.5 Å². The van der Waals surface area contributed by atoms with Gasteiger partial charge in [-0.15, -0.1) is 0 Å². The molecule has 1 aliphatic heterocycles. The van der Waals surface area contributed by atoms with Crippen molar-refractivity contribution >= 4 is 17.2 Å². The molecule has 0 atom stereocenters. The van der Waals surface area contributed by atoms with Crippen LogP contribution in [-0.4, -0.2) is 47.6 Å². The maximum absolute atomic E-state index is 5.89. The molecule has 6 heteroatoms. The van der Waals surface area contributed by atoms with Gasteiger partial charge in [0.25, 0.3) is 0 Å². The summed E-state index contributed by atoms with van der Waals surface area (Å²) in [4.78, 5) is 6.91. The molecule has 0 bridgehead atoms. The predicted octanol–water partition coefficient (Wildman–Crippen LogP) is 2.13. The maximum Gasteiger partial charge on any atom is 0.158 e. The van der Waals surface area contributed by atoms with E-state index in [0.29, 0.717) is 5.82 Å². The largest absolute Gasteiger partial charge is 0.493 e. The molecule has 0 spiro atoms. The molecule has 3 heterocycles. The molecule has 0 amide bonds. The number of hydrogen-bond acceptors (Lipinski definition) is 5. The van der Waals surface area contributed by atoms with E-state index in [-0.39, 0.29) is 0 Å². The number of anilines is 2. The zero-order chi connectivity index (χ0) is 15.5. The standard InChI is InChI=1S/C16H25N5O/c1-12-16(17)19-15-10-13(14(22-2)11-21(12)15)18-6-5-9-20-7-3-4-8-20/h10-11,18H,3-9,17H2,1-2H3. The number of rotatable bonds is 6. The van der Waals surface area contributed by atoms with E-state index < -0.39 is 0 Å². The molecule has 0 saturated carbocycles. The molecular formula is C16H25N5O. The van der Waals surface area contributed by atoms with Gasteiger partial charge in [0.05, 0.1) is 24.7 Å². The smallest absolute Gasteiger partial charge is 0.158 e. The fourth-order valence-electron chi connectivity index (χ4n) is 3.04. The van der Waals surface area contributed by atoms with Crippen molar-refractivity contribution in [3.63, 3.8) is 0 Å². The van der Waals surface area contributed by atoms with E-state index in [9.17, 15) is 0 Å². The van der Waals surface area contributed by atoms with Crippen molar-refractivity contribution in [2.24, 2.45) is 0 Å². The van der Waals surface area contributed by atoms with E-state index in [1.54, 1.807) is 7.11 Å². The number of nitrogens with two attached hydrogens (primary N) is 1. The summed E-state index contributed by atoms with van der Waals surface area (Å²) in [5, 5.41) is 3.46. The summed E-state index contributed by atoms with van der Waals surface area (Å²) >= 11 is 0. The number of aryl methyl sites for hydroxylation is 1. The molecular weight excluding hydrogens is 278 g/mol. The Bertz CT molecular complexity index is 646. The van der Waals surface area contributed by atoms with E-state index in [1.807, 2.05) is 23.6 Å². The number of pyridine rings is 1. The quantitative estimate of drug-likeness (QED) is 0.800. The van der Waals surface area contributed by atoms with Gasteiger partial charge in [0.15, 0.2) is 5.75 Å². The first-order chi connectivity index (χ1) is 10.7. The number of hydrogen-bond donors (Lipinski definition) is 2. The van der Waals surface area contributed by atoms with Crippen LogP contribution in [0.15, 0.2) is 12.3 Å². The first-order valence-corrected chi connectivity index (χ1v) is 7.97. The van der Waals surface area contributed by atoms with E-state index in [2.05, 4.69) is 15.2 Å². The van der Waals surface area contributed by atoms with Crippen LogP contribution in [-0.2, 0) is 0 Å². The number of aromatic nitrogens is 2. The van der Waals surface area contributed by atoms with Gasteiger partial charge in [-0.2, -0.15) is 0 Å². The Morgan fingerprint density at radius 1 is 1.36 bits per heavy atom. The van der Waals surface area contributed by atoms with Crippen molar-refractivity contribution in [1.29, 1.82) is 0 Å². The first kappa shape index (κ1) is 15.0. The Balaban J connectivity index is 1.66. The second-order valence-corrected chi connectivity index (χ2v) is 5.90. The third-order valence-electron chi connectivity index (χ3n) is 4.38. The zero-order valence-corrected chi connectivity index (χ0v) is 13.4. The number of nitrogens with one attached hydrogen (secondary N) is 1. The third kappa shape index (κ3) is 2.97. The van der Waals surface area contributed by atoms with Gasteiger partial charge in [0.1, 0.15) is 11.5 Å². The second-order valence-electron chi connectivity index (χ2n) is 5.90. The summed E-state index contributed by atoms with van der Waals surface area (Å²) in [6, 6.07) is 2.00. The number of nitrogens with zero attached hydrogens (tertiary/aromatic N) is 3. The normalized spacial score (nSPS) is 15.5. The molecule has 1 saturated heterocycles. The van der Waals surface area contributed by atoms with Gasteiger partial charge in [-0.25, -0.2) is 4.98 Å². The lowest BCUT2D eigenvalue weighted by Crippen LogP contribution is -2.22. The van der Waals surface area contributed by atoms with Crippen molar-refractivity contribution < 1.29 is 4.74 Å². The number of nitrogen functional groups attached to an aromatic ring is 1. The van der Waals surface area contributed by atoms with Gasteiger partial charge < -0.3 is 20.7 Å². The Hall–Kier alpha value is -1.95. The summed E-state index contributed by atoms with van der Waals surface area (Å²) in [5.41, 5.74) is 8.64. The van der Waals surface area contributed by atoms with Crippen LogP contribution in [0, 0.1) is 6.92 Å². The van der Waals surface area contributed by atoms with Crippen LogP contribution in [0.3, 0.4) is 0 Å². The van der Waals surface area contributed by atoms with Gasteiger partial charge in [-0.1, -0.05) is 0 Å². The summed E-state index contributed by atoms with van der Waals surface area (Å²) in [6.45, 7) is 6.55. The molecule has 1 aliphatic rings. The molecule has 120 valence electrons. The van der Waals surface area contributed by atoms with Gasteiger partial charge >= 0.3 is 0 Å². The average molecular weight is 303 g/mol. The monoisotopic (exact) mass is 303 g/mol. The second kappa shape index (κ2) is 6.44. The molecule has 2 aromatic rings. The van der Waals surface area contributed by atoms with E-state index in [1.165, 1.54) is 25.9 Å². The summed E-state index contributed by atoms with van der Waals surface area (Å²) in [6.07, 6.45) is 5.76. The van der Waals surface area contributed by atoms with Gasteiger partial charge in [-0.3, -0.25) is 4.40 Å². The van der Waals surface area contributed by atoms with Gasteiger partial charge in [0, 0.05) is 12.6 Å². The molecule has 0 aliphatic carbocycles. The highest BCUT2D eigenvalue weighted by Crippen LogP contribution is 2.27. The lowest BCUT2D eigenvalue weighted by molar-refractivity contribution is 0.337. The molecule has 6 nitrogen and oxygen atoms in total. The Kier molecular flexibility index (Phi) is 4.38. The molecule has 2 aromatic heterocycles. The van der Waals surface area contributed by atoms with Crippen LogP contribution in [0.2, 0.25) is 0 Å². The number of fused-ring (bicyclic) bond motifs is 1. The van der Waals surface area contributed by atoms with Crippen LogP contribution in [0.5, 0.6) is 5.75 Å². The summed E-state index contributed by atoms with van der Waals surface area (Å²) in [7, 11) is 1.69. The summed E-state index contributed by atoms with van der Waals surface area (Å²) < 4.78 is 7.45. The highest BCUT2D eigenvalue weighted by atomic mass is 16.5. The van der Waals surface area contributed by atoms with Crippen molar-refractivity contribution in [3.05, 3.63) is 18.0 Å². The van der Waals surface area contributed by atoms with Crippen LogP contribution in [0.25, 0.3) is 5.65 Å². The van der Waals surface area contributed by atoms with E-state index >= 15 is 0 Å². The highest BCUT2D eigenvalue weighted by Gasteiger charge is 2.12. The Labute approximate surface area is 131 Å². The van der Waals surface area contributed by atoms with Crippen molar-refractivity contribution in [3.8, 4) is 5.75 Å². The number of ether oxygens (including phenoxy) is 1. The fourth-order valence-corrected chi connectivity index (χ4v) is 3.04. The predicted molar refractivity (Wildman–Crippen MR) is 89.7 cm³/mol. The SMILES string of the molecule is COc1cn2c(C)c(N)nc2cc1NCCCN1CCCC1. The Morgan fingerprint density at radius 2 is 2.14 bits per heavy atom. The fraction of sp³-hybridized carbons (Fsp3) is 0.562. The van der Waals surface area contributed by atoms with Gasteiger partial charge in [0.2, 0.25) is 0 Å². The molecule has 3 N–H and O–H groups in total. The highest BCUT2D eigenvalue weighted by molar-refractivity contribution is 5.66. The lowest BCUT2D eigenvalue weighted by Gasteiger charge is -2.16. The molecule has 0 unspecified atom stereocenters. The van der Waals surface area contributed by atoms with Gasteiger partial charge in [-0.05, 0) is 45.8 Å². The van der Waals surface area contributed by atoms with Crippen LogP contribution < -0.4 is 15.8 Å². The minimum absolute atomic E-state index is 0.563. The molecule has 3 rings (SSSR count). The number of likely N-dealkylation sites (tertiary alicyclic amines) is 1. The molecule has 22 heavy (non-hydrogen) atoms. The zero-order valence-electron chi connectivity index (χ0n) is 13.4. The van der Waals surface area contributed by atoms with Crippen molar-refractivity contribution in [2.75, 3.05) is 44.3 Å². The van der Waals surface area contributed by atoms with Crippen molar-refractivity contribution in [1.82, 2.24) is 14.3 Å².